The molecule has 3 N–H and O–H groups in total. The van der Waals surface area contributed by atoms with E-state index in [0.717, 1.165) is 50.8 Å². The van der Waals surface area contributed by atoms with Crippen molar-refractivity contribution in [2.45, 2.75) is 57.9 Å². The molecule has 3 heterocycles. The number of rotatable bonds is 4. The van der Waals surface area contributed by atoms with Gasteiger partial charge in [0.25, 0.3) is 0 Å². The summed E-state index contributed by atoms with van der Waals surface area (Å²) in [5, 5.41) is 3.59. The number of hydrogen-bond donors (Lipinski definition) is 2. The van der Waals surface area contributed by atoms with Crippen molar-refractivity contribution >= 4 is 41.7 Å². The first kappa shape index (κ1) is 24.1. The number of pyridine rings is 1. The molecule has 0 aromatic carbocycles. The third-order valence-corrected chi connectivity index (χ3v) is 7.37. The van der Waals surface area contributed by atoms with E-state index in [1.165, 1.54) is 44.1 Å². The lowest BCUT2D eigenvalue weighted by atomic mass is 9.73. The first-order chi connectivity index (χ1) is 14.6. The molecular weight excluding hydrogens is 503 g/mol. The quantitative estimate of drug-likeness (QED) is 0.348. The van der Waals surface area contributed by atoms with Gasteiger partial charge in [0.15, 0.2) is 5.96 Å². The molecule has 0 bridgehead atoms. The zero-order chi connectivity index (χ0) is 21.0. The topological polar surface area (TPSA) is 86.9 Å². The van der Waals surface area contributed by atoms with Gasteiger partial charge in [-0.15, -0.1) is 24.0 Å². The predicted molar refractivity (Wildman–Crippen MR) is 136 cm³/mol. The fraction of sp³-hybridized carbons (Fsp3) is 0.696. The summed E-state index contributed by atoms with van der Waals surface area (Å²) < 4.78 is 0. The van der Waals surface area contributed by atoms with Crippen LogP contribution in [0, 0.1) is 11.3 Å². The highest BCUT2D eigenvalue weighted by molar-refractivity contribution is 14.0. The van der Waals surface area contributed by atoms with Crippen molar-refractivity contribution in [3.05, 3.63) is 23.9 Å². The Morgan fingerprint density at radius 3 is 2.65 bits per heavy atom. The number of guanidine groups is 1. The molecule has 0 radical (unpaired) electrons. The van der Waals surface area contributed by atoms with Crippen LogP contribution < -0.4 is 16.0 Å². The number of nitrogens with one attached hydrogen (secondary N) is 1. The number of aliphatic imine (C=N–C) groups is 1. The molecule has 1 aliphatic carbocycles. The maximum Gasteiger partial charge on any atom is 0.220 e. The van der Waals surface area contributed by atoms with Crippen molar-refractivity contribution in [2.75, 3.05) is 38.1 Å². The van der Waals surface area contributed by atoms with Crippen LogP contribution >= 0.6 is 24.0 Å². The summed E-state index contributed by atoms with van der Waals surface area (Å²) in [4.78, 5) is 25.4. The Balaban J connectivity index is 0.00000272. The van der Waals surface area contributed by atoms with Gasteiger partial charge in [-0.25, -0.2) is 4.98 Å². The van der Waals surface area contributed by atoms with Gasteiger partial charge >= 0.3 is 0 Å². The van der Waals surface area contributed by atoms with Gasteiger partial charge in [-0.1, -0.05) is 25.3 Å². The van der Waals surface area contributed by atoms with Gasteiger partial charge in [-0.05, 0) is 43.6 Å². The van der Waals surface area contributed by atoms with Crippen LogP contribution in [-0.2, 0) is 11.3 Å². The van der Waals surface area contributed by atoms with Gasteiger partial charge in [0, 0.05) is 57.4 Å². The summed E-state index contributed by atoms with van der Waals surface area (Å²) in [5.74, 6) is 1.82. The molecule has 1 aromatic rings. The molecule has 0 unspecified atom stereocenters. The summed E-state index contributed by atoms with van der Waals surface area (Å²) in [5.41, 5.74) is 7.17. The van der Waals surface area contributed by atoms with Crippen LogP contribution in [0.15, 0.2) is 23.3 Å². The highest BCUT2D eigenvalue weighted by Gasteiger charge is 2.39. The maximum absolute atomic E-state index is 11.5. The Bertz CT molecular complexity index is 771. The zero-order valence-electron chi connectivity index (χ0n) is 18.7. The van der Waals surface area contributed by atoms with E-state index in [1.807, 2.05) is 19.3 Å². The van der Waals surface area contributed by atoms with Crippen molar-refractivity contribution < 1.29 is 4.79 Å². The minimum absolute atomic E-state index is 0. The Labute approximate surface area is 203 Å². The van der Waals surface area contributed by atoms with Crippen molar-refractivity contribution in [2.24, 2.45) is 22.1 Å². The van der Waals surface area contributed by atoms with E-state index in [-0.39, 0.29) is 35.8 Å². The van der Waals surface area contributed by atoms with E-state index in [2.05, 4.69) is 31.2 Å². The monoisotopic (exact) mass is 540 g/mol. The molecule has 0 atom stereocenters. The van der Waals surface area contributed by atoms with Gasteiger partial charge in [-0.3, -0.25) is 9.79 Å². The number of aromatic nitrogens is 1. The van der Waals surface area contributed by atoms with Crippen LogP contribution in [0.2, 0.25) is 0 Å². The molecule has 172 valence electrons. The van der Waals surface area contributed by atoms with Crippen LogP contribution in [-0.4, -0.2) is 55.0 Å². The SMILES string of the molecule is CN=C(NCc1cccnc1N1CCC(C(N)=O)CC1)N1CCC2(CCCCC2)C1.I. The number of anilines is 1. The number of likely N-dealkylation sites (tertiary alicyclic amines) is 1. The Hall–Kier alpha value is -1.58. The molecule has 1 aromatic heterocycles. The average molecular weight is 540 g/mol. The van der Waals surface area contributed by atoms with E-state index in [0.29, 0.717) is 12.0 Å². The number of piperidine rings is 1. The number of halogens is 1. The smallest absolute Gasteiger partial charge is 0.220 e. The molecule has 4 rings (SSSR count). The summed E-state index contributed by atoms with van der Waals surface area (Å²) in [7, 11) is 1.88. The summed E-state index contributed by atoms with van der Waals surface area (Å²) in [6.07, 6.45) is 11.6. The molecule has 1 saturated carbocycles. The lowest BCUT2D eigenvalue weighted by molar-refractivity contribution is -0.122. The van der Waals surface area contributed by atoms with E-state index in [9.17, 15) is 4.79 Å². The molecular formula is C23H37IN6O. The molecule has 31 heavy (non-hydrogen) atoms. The van der Waals surface area contributed by atoms with Crippen molar-refractivity contribution in [1.29, 1.82) is 0 Å². The van der Waals surface area contributed by atoms with Crippen molar-refractivity contribution in [3.8, 4) is 0 Å². The highest BCUT2D eigenvalue weighted by Crippen LogP contribution is 2.43. The molecule has 1 spiro atoms. The summed E-state index contributed by atoms with van der Waals surface area (Å²) >= 11 is 0. The first-order valence-electron chi connectivity index (χ1n) is 11.5. The minimum atomic E-state index is -0.178. The predicted octanol–water partition coefficient (Wildman–Crippen LogP) is 3.13. The largest absolute Gasteiger partial charge is 0.369 e. The number of hydrogen-bond acceptors (Lipinski definition) is 4. The highest BCUT2D eigenvalue weighted by atomic mass is 127. The molecule has 8 heteroatoms. The number of carbonyl (C=O) groups is 1. The molecule has 3 aliphatic rings. The molecule has 1 amide bonds. The number of nitrogens with two attached hydrogens (primary N) is 1. The van der Waals surface area contributed by atoms with Crippen LogP contribution in [0.4, 0.5) is 5.82 Å². The van der Waals surface area contributed by atoms with Gasteiger partial charge in [-0.2, -0.15) is 0 Å². The van der Waals surface area contributed by atoms with Gasteiger partial charge in [0.2, 0.25) is 5.91 Å². The summed E-state index contributed by atoms with van der Waals surface area (Å²) in [6, 6.07) is 4.13. The number of primary amides is 1. The number of carbonyl (C=O) groups excluding carboxylic acids is 1. The number of nitrogens with zero attached hydrogens (tertiary/aromatic N) is 4. The first-order valence-corrected chi connectivity index (χ1v) is 11.5. The second-order valence-electron chi connectivity index (χ2n) is 9.28. The van der Waals surface area contributed by atoms with Crippen LogP contribution in [0.25, 0.3) is 0 Å². The Morgan fingerprint density at radius 1 is 1.23 bits per heavy atom. The van der Waals surface area contributed by atoms with Crippen LogP contribution in [0.5, 0.6) is 0 Å². The zero-order valence-corrected chi connectivity index (χ0v) is 21.0. The van der Waals surface area contributed by atoms with Gasteiger partial charge in [0.1, 0.15) is 5.82 Å². The average Bonchev–Trinajstić information content (AvgIpc) is 3.18. The second-order valence-corrected chi connectivity index (χ2v) is 9.28. The van der Waals surface area contributed by atoms with E-state index in [4.69, 9.17) is 5.73 Å². The van der Waals surface area contributed by atoms with Gasteiger partial charge in [0.05, 0.1) is 0 Å². The Morgan fingerprint density at radius 2 is 1.97 bits per heavy atom. The minimum Gasteiger partial charge on any atom is -0.369 e. The number of amides is 1. The molecule has 2 saturated heterocycles. The fourth-order valence-electron chi connectivity index (χ4n) is 5.56. The lowest BCUT2D eigenvalue weighted by Gasteiger charge is -2.34. The normalized spacial score (nSPS) is 21.8. The van der Waals surface area contributed by atoms with Gasteiger partial charge < -0.3 is 20.9 Å². The Kier molecular flexibility index (Phi) is 8.41. The van der Waals surface area contributed by atoms with Crippen LogP contribution in [0.1, 0.15) is 56.9 Å². The van der Waals surface area contributed by atoms with E-state index in [1.54, 1.807) is 0 Å². The molecule has 7 nitrogen and oxygen atoms in total. The lowest BCUT2D eigenvalue weighted by Crippen LogP contribution is -2.42. The maximum atomic E-state index is 11.5. The van der Waals surface area contributed by atoms with E-state index >= 15 is 0 Å². The third-order valence-electron chi connectivity index (χ3n) is 7.37. The molecule has 2 aliphatic heterocycles. The summed E-state index contributed by atoms with van der Waals surface area (Å²) in [6.45, 7) is 4.57. The van der Waals surface area contributed by atoms with Crippen LogP contribution in [0.3, 0.4) is 0 Å². The third kappa shape index (κ3) is 5.62. The van der Waals surface area contributed by atoms with Crippen molar-refractivity contribution in [1.82, 2.24) is 15.2 Å². The fourth-order valence-corrected chi connectivity index (χ4v) is 5.56. The molecule has 3 fully saturated rings. The van der Waals surface area contributed by atoms with E-state index < -0.39 is 0 Å². The van der Waals surface area contributed by atoms with Crippen molar-refractivity contribution in [3.63, 3.8) is 0 Å². The standard InChI is InChI=1S/C23H36N6O.HI/c1-25-22(29-15-11-23(17-29)9-3-2-4-10-23)27-16-19-6-5-12-26-21(19)28-13-7-18(8-14-28)20(24)30;/h5-6,12,18H,2-4,7-11,13-17H2,1H3,(H2,24,30)(H,25,27);1H. The second kappa shape index (κ2) is 10.8.